The molecule has 1 heterocycles. The van der Waals surface area contributed by atoms with Crippen LogP contribution in [0.5, 0.6) is 0 Å². The minimum atomic E-state index is -0.182. The monoisotopic (exact) mass is 217 g/mol. The van der Waals surface area contributed by atoms with Crippen molar-refractivity contribution in [3.05, 3.63) is 47.2 Å². The van der Waals surface area contributed by atoms with E-state index in [0.29, 0.717) is 13.0 Å². The van der Waals surface area contributed by atoms with Gasteiger partial charge in [0.2, 0.25) is 0 Å². The van der Waals surface area contributed by atoms with Gasteiger partial charge in [-0.05, 0) is 12.5 Å². The van der Waals surface area contributed by atoms with Gasteiger partial charge in [-0.3, -0.25) is 0 Å². The molecule has 3 nitrogen and oxygen atoms in total. The number of cyclic esters (lactones) is 1. The first-order valence-corrected chi connectivity index (χ1v) is 5.42. The van der Waals surface area contributed by atoms with E-state index < -0.39 is 0 Å². The van der Waals surface area contributed by atoms with Gasteiger partial charge in [-0.15, -0.1) is 0 Å². The van der Waals surface area contributed by atoms with Gasteiger partial charge < -0.3 is 10.1 Å². The van der Waals surface area contributed by atoms with Crippen molar-refractivity contribution >= 4 is 5.97 Å². The smallest absolute Gasteiger partial charge is 0.335 e. The number of benzene rings is 1. The minimum absolute atomic E-state index is 0.182. The molecule has 1 aromatic carbocycles. The Morgan fingerprint density at radius 1 is 1.38 bits per heavy atom. The number of ether oxygens (including phenoxy) is 1. The van der Waals surface area contributed by atoms with Crippen LogP contribution in [0.1, 0.15) is 18.9 Å². The lowest BCUT2D eigenvalue weighted by atomic mass is 10.1. The normalized spacial score (nSPS) is 18.2. The third-order valence-corrected chi connectivity index (χ3v) is 2.68. The van der Waals surface area contributed by atoms with Crippen molar-refractivity contribution in [1.29, 1.82) is 0 Å². The van der Waals surface area contributed by atoms with Gasteiger partial charge in [0, 0.05) is 18.7 Å². The molecule has 1 aliphatic rings. The molecule has 16 heavy (non-hydrogen) atoms. The zero-order valence-electron chi connectivity index (χ0n) is 9.32. The zero-order chi connectivity index (χ0) is 11.4. The number of esters is 1. The predicted octanol–water partition coefficient (Wildman–Crippen LogP) is 2.00. The first-order valence-electron chi connectivity index (χ1n) is 5.42. The summed E-state index contributed by atoms with van der Waals surface area (Å²) in [4.78, 5) is 11.3. The number of nitrogens with one attached hydrogen (secondary N) is 1. The van der Waals surface area contributed by atoms with Crippen LogP contribution >= 0.6 is 0 Å². The van der Waals surface area contributed by atoms with E-state index >= 15 is 0 Å². The summed E-state index contributed by atoms with van der Waals surface area (Å²) in [6.45, 7) is 3.17. The van der Waals surface area contributed by atoms with Crippen LogP contribution in [-0.2, 0) is 16.1 Å². The summed E-state index contributed by atoms with van der Waals surface area (Å²) in [7, 11) is 0. The summed E-state index contributed by atoms with van der Waals surface area (Å²) in [5.74, 6) is -0.182. The molecule has 0 atom stereocenters. The molecule has 0 aromatic heterocycles. The molecule has 0 unspecified atom stereocenters. The summed E-state index contributed by atoms with van der Waals surface area (Å²) in [6.07, 6.45) is 0.715. The van der Waals surface area contributed by atoms with Crippen LogP contribution in [-0.4, -0.2) is 12.6 Å². The van der Waals surface area contributed by atoms with Gasteiger partial charge in [-0.2, -0.15) is 0 Å². The van der Waals surface area contributed by atoms with Crippen LogP contribution in [0.15, 0.2) is 41.6 Å². The molecule has 1 saturated heterocycles. The molecular formula is C13H15NO2. The highest BCUT2D eigenvalue weighted by molar-refractivity contribution is 5.90. The minimum Gasteiger partial charge on any atom is -0.462 e. The molecule has 1 aromatic rings. The molecule has 1 aliphatic heterocycles. The van der Waals surface area contributed by atoms with Crippen molar-refractivity contribution < 1.29 is 9.53 Å². The molecule has 84 valence electrons. The molecule has 2 rings (SSSR count). The Labute approximate surface area is 95.1 Å². The first kappa shape index (κ1) is 10.7. The second-order valence-corrected chi connectivity index (χ2v) is 3.83. The second-order valence-electron chi connectivity index (χ2n) is 3.83. The van der Waals surface area contributed by atoms with Gasteiger partial charge in [0.05, 0.1) is 12.2 Å². The summed E-state index contributed by atoms with van der Waals surface area (Å²) in [5.41, 5.74) is 2.90. The maximum atomic E-state index is 11.3. The molecule has 1 N–H and O–H groups in total. The lowest BCUT2D eigenvalue weighted by Gasteiger charge is -2.08. The Morgan fingerprint density at radius 3 is 2.75 bits per heavy atom. The van der Waals surface area contributed by atoms with Crippen molar-refractivity contribution in [3.63, 3.8) is 0 Å². The van der Waals surface area contributed by atoms with E-state index in [-0.39, 0.29) is 5.97 Å². The first-order chi connectivity index (χ1) is 7.77. The number of carbonyl (C=O) groups is 1. The zero-order valence-corrected chi connectivity index (χ0v) is 9.32. The Balaban J connectivity index is 1.98. The van der Waals surface area contributed by atoms with Crippen molar-refractivity contribution in [1.82, 2.24) is 5.32 Å². The lowest BCUT2D eigenvalue weighted by molar-refractivity contribution is -0.135. The van der Waals surface area contributed by atoms with Crippen molar-refractivity contribution in [2.45, 2.75) is 19.9 Å². The predicted molar refractivity (Wildman–Crippen MR) is 61.6 cm³/mol. The van der Waals surface area contributed by atoms with Gasteiger partial charge in [-0.25, -0.2) is 4.79 Å². The number of allylic oxidation sites excluding steroid dienone is 1. The summed E-state index contributed by atoms with van der Waals surface area (Å²) >= 11 is 0. The lowest BCUT2D eigenvalue weighted by Crippen LogP contribution is -2.14. The highest BCUT2D eigenvalue weighted by Crippen LogP contribution is 2.16. The Bertz CT molecular complexity index is 409. The molecule has 0 amide bonds. The quantitative estimate of drug-likeness (QED) is 0.621. The molecule has 0 bridgehead atoms. The standard InChI is InChI=1S/C13H15NO2/c1-10(12-7-8-16-13(12)15)14-9-11-5-3-2-4-6-11/h2-6,14H,7-9H2,1H3/b12-10-. The van der Waals surface area contributed by atoms with Crippen LogP contribution in [0, 0.1) is 0 Å². The van der Waals surface area contributed by atoms with E-state index in [1.807, 2.05) is 25.1 Å². The van der Waals surface area contributed by atoms with Gasteiger partial charge in [0.1, 0.15) is 0 Å². The average molecular weight is 217 g/mol. The fourth-order valence-electron chi connectivity index (χ4n) is 1.71. The van der Waals surface area contributed by atoms with Crippen LogP contribution in [0.4, 0.5) is 0 Å². The van der Waals surface area contributed by atoms with Crippen LogP contribution in [0.25, 0.3) is 0 Å². The number of rotatable bonds is 3. The van der Waals surface area contributed by atoms with Gasteiger partial charge >= 0.3 is 5.97 Å². The SMILES string of the molecule is C/C(NCc1ccccc1)=C1\CCOC1=O. The summed E-state index contributed by atoms with van der Waals surface area (Å²) in [5, 5.41) is 3.25. The van der Waals surface area contributed by atoms with E-state index in [4.69, 9.17) is 4.74 Å². The molecule has 0 aliphatic carbocycles. The summed E-state index contributed by atoms with van der Waals surface area (Å²) < 4.78 is 4.90. The maximum Gasteiger partial charge on any atom is 0.335 e. The third kappa shape index (κ3) is 2.42. The van der Waals surface area contributed by atoms with E-state index in [1.54, 1.807) is 0 Å². The number of hydrogen-bond acceptors (Lipinski definition) is 3. The Hall–Kier alpha value is -1.77. The highest BCUT2D eigenvalue weighted by atomic mass is 16.5. The molecule has 1 fully saturated rings. The Kier molecular flexibility index (Phi) is 3.25. The molecular weight excluding hydrogens is 202 g/mol. The Morgan fingerprint density at radius 2 is 2.12 bits per heavy atom. The molecule has 0 spiro atoms. The third-order valence-electron chi connectivity index (χ3n) is 2.68. The maximum absolute atomic E-state index is 11.3. The fraction of sp³-hybridized carbons (Fsp3) is 0.308. The van der Waals surface area contributed by atoms with Crippen molar-refractivity contribution in [2.75, 3.05) is 6.61 Å². The van der Waals surface area contributed by atoms with Crippen LogP contribution in [0.3, 0.4) is 0 Å². The second kappa shape index (κ2) is 4.84. The van der Waals surface area contributed by atoms with E-state index in [0.717, 1.165) is 17.8 Å². The molecule has 3 heteroatoms. The van der Waals surface area contributed by atoms with Crippen LogP contribution in [0.2, 0.25) is 0 Å². The van der Waals surface area contributed by atoms with Gasteiger partial charge in [-0.1, -0.05) is 30.3 Å². The van der Waals surface area contributed by atoms with Gasteiger partial charge in [0.25, 0.3) is 0 Å². The van der Waals surface area contributed by atoms with Crippen molar-refractivity contribution in [3.8, 4) is 0 Å². The fourth-order valence-corrected chi connectivity index (χ4v) is 1.71. The van der Waals surface area contributed by atoms with Crippen molar-refractivity contribution in [2.24, 2.45) is 0 Å². The highest BCUT2D eigenvalue weighted by Gasteiger charge is 2.20. The number of hydrogen-bond donors (Lipinski definition) is 1. The molecule has 0 radical (unpaired) electrons. The van der Waals surface area contributed by atoms with E-state index in [1.165, 1.54) is 5.56 Å². The number of carbonyl (C=O) groups excluding carboxylic acids is 1. The van der Waals surface area contributed by atoms with Crippen LogP contribution < -0.4 is 5.32 Å². The topological polar surface area (TPSA) is 38.3 Å². The van der Waals surface area contributed by atoms with E-state index in [2.05, 4.69) is 17.4 Å². The largest absolute Gasteiger partial charge is 0.462 e. The summed E-state index contributed by atoms with van der Waals surface area (Å²) in [6, 6.07) is 10.1. The molecule has 0 saturated carbocycles. The van der Waals surface area contributed by atoms with Gasteiger partial charge in [0.15, 0.2) is 0 Å². The average Bonchev–Trinajstić information content (AvgIpc) is 2.74. The van der Waals surface area contributed by atoms with E-state index in [9.17, 15) is 4.79 Å².